The molecule has 4 aromatic heterocycles. The van der Waals surface area contributed by atoms with E-state index in [0.717, 1.165) is 21.9 Å². The third-order valence-electron chi connectivity index (χ3n) is 7.91. The van der Waals surface area contributed by atoms with Crippen molar-refractivity contribution in [2.24, 2.45) is 7.05 Å². The zero-order valence-corrected chi connectivity index (χ0v) is 24.4. The molecule has 0 aliphatic rings. The fourth-order valence-electron chi connectivity index (χ4n) is 5.83. The zero-order valence-electron chi connectivity index (χ0n) is 24.4. The second-order valence-electron chi connectivity index (χ2n) is 10.8. The lowest BCUT2D eigenvalue weighted by Crippen LogP contribution is -2.32. The van der Waals surface area contributed by atoms with Crippen molar-refractivity contribution in [2.45, 2.75) is 19.9 Å². The van der Waals surface area contributed by atoms with Crippen molar-refractivity contribution in [2.75, 3.05) is 0 Å². The predicted octanol–water partition coefficient (Wildman–Crippen LogP) is 5.72. The van der Waals surface area contributed by atoms with Crippen LogP contribution in [-0.2, 0) is 7.05 Å². The highest BCUT2D eigenvalue weighted by Gasteiger charge is 2.23. The number of carbonyl (C=O) groups is 1. The fourth-order valence-corrected chi connectivity index (χ4v) is 5.83. The van der Waals surface area contributed by atoms with Gasteiger partial charge in [0.05, 0.1) is 22.7 Å². The third-order valence-corrected chi connectivity index (χ3v) is 7.91. The molecule has 1 atom stereocenters. The van der Waals surface area contributed by atoms with Gasteiger partial charge in [-0.1, -0.05) is 60.4 Å². The average molecular weight is 577 g/mol. The molecule has 3 aromatic carbocycles. The maximum absolute atomic E-state index is 14.4. The van der Waals surface area contributed by atoms with Gasteiger partial charge < -0.3 is 9.88 Å². The Morgan fingerprint density at radius 2 is 1.70 bits per heavy atom. The van der Waals surface area contributed by atoms with Gasteiger partial charge in [0.1, 0.15) is 5.56 Å². The third kappa shape index (κ3) is 4.52. The van der Waals surface area contributed by atoms with E-state index in [1.165, 1.54) is 0 Å². The van der Waals surface area contributed by atoms with Crippen molar-refractivity contribution in [3.8, 4) is 17.5 Å². The molecule has 0 aliphatic heterocycles. The number of nitrogens with zero attached hydrogens (tertiary/aromatic N) is 5. The number of hydrogen-bond acceptors (Lipinski definition) is 4. The van der Waals surface area contributed by atoms with E-state index in [0.29, 0.717) is 39.2 Å². The summed E-state index contributed by atoms with van der Waals surface area (Å²) in [5, 5.41) is 9.85. The molecule has 8 heteroatoms. The summed E-state index contributed by atoms with van der Waals surface area (Å²) >= 11 is 0. The first-order valence-electron chi connectivity index (χ1n) is 14.3. The van der Waals surface area contributed by atoms with Gasteiger partial charge in [0.15, 0.2) is 5.65 Å². The monoisotopic (exact) mass is 576 g/mol. The molecular formula is C36H28N6O2. The molecule has 214 valence electrons. The number of rotatable bonds is 4. The molecule has 0 bridgehead atoms. The topological polar surface area (TPSA) is 86.2 Å². The minimum Gasteiger partial charge on any atom is -0.349 e. The normalized spacial score (nSPS) is 11.9. The Morgan fingerprint density at radius 3 is 2.55 bits per heavy atom. The van der Waals surface area contributed by atoms with Crippen LogP contribution in [0.3, 0.4) is 0 Å². The maximum atomic E-state index is 14.4. The van der Waals surface area contributed by atoms with E-state index >= 15 is 0 Å². The Balaban J connectivity index is 1.35. The Bertz CT molecular complexity index is 2350. The number of pyridine rings is 1. The number of nitrogens with one attached hydrogen (secondary N) is 1. The number of carbonyl (C=O) groups excluding carboxylic acids is 1. The van der Waals surface area contributed by atoms with Crippen LogP contribution in [0.4, 0.5) is 0 Å². The predicted molar refractivity (Wildman–Crippen MR) is 172 cm³/mol. The van der Waals surface area contributed by atoms with Crippen LogP contribution in [0.1, 0.15) is 45.8 Å². The van der Waals surface area contributed by atoms with Crippen molar-refractivity contribution in [1.82, 2.24) is 29.0 Å². The second-order valence-corrected chi connectivity index (χ2v) is 10.8. The highest BCUT2D eigenvalue weighted by atomic mass is 16.2. The largest absolute Gasteiger partial charge is 0.349 e. The number of hydrogen-bond donors (Lipinski definition) is 1. The van der Waals surface area contributed by atoms with Gasteiger partial charge in [-0.05, 0) is 55.6 Å². The lowest BCUT2D eigenvalue weighted by atomic mass is 10.0. The number of fused-ring (bicyclic) bond motifs is 3. The molecular weight excluding hydrogens is 548 g/mol. The summed E-state index contributed by atoms with van der Waals surface area (Å²) < 4.78 is 5.31. The van der Waals surface area contributed by atoms with E-state index in [2.05, 4.69) is 43.9 Å². The summed E-state index contributed by atoms with van der Waals surface area (Å²) in [7, 11) is 2.00. The average Bonchev–Trinajstić information content (AvgIpc) is 3.55. The first-order chi connectivity index (χ1) is 21.4. The van der Waals surface area contributed by atoms with Crippen LogP contribution in [0.25, 0.3) is 33.0 Å². The van der Waals surface area contributed by atoms with Crippen LogP contribution in [0.5, 0.6) is 0 Å². The highest BCUT2D eigenvalue weighted by Crippen LogP contribution is 2.25. The molecule has 0 aliphatic carbocycles. The Labute approximate surface area is 253 Å². The van der Waals surface area contributed by atoms with Crippen LogP contribution in [0.15, 0.2) is 108 Å². The number of amides is 1. The molecule has 0 fully saturated rings. The molecule has 1 amide bonds. The molecule has 7 aromatic rings. The number of para-hydroxylation sites is 2. The molecule has 44 heavy (non-hydrogen) atoms. The van der Waals surface area contributed by atoms with Gasteiger partial charge in [-0.3, -0.25) is 14.2 Å². The van der Waals surface area contributed by atoms with Crippen molar-refractivity contribution in [3.63, 3.8) is 0 Å². The van der Waals surface area contributed by atoms with Crippen LogP contribution in [-0.4, -0.2) is 29.6 Å². The molecule has 1 unspecified atom stereocenters. The number of aryl methyl sites for hydroxylation is 2. The summed E-state index contributed by atoms with van der Waals surface area (Å²) in [6.45, 7) is 3.65. The van der Waals surface area contributed by atoms with Crippen LogP contribution >= 0.6 is 0 Å². The quantitative estimate of drug-likeness (QED) is 0.272. The first-order valence-corrected chi connectivity index (χ1v) is 14.3. The lowest BCUT2D eigenvalue weighted by molar-refractivity contribution is 0.0939. The van der Waals surface area contributed by atoms with Gasteiger partial charge >= 0.3 is 0 Å². The second kappa shape index (κ2) is 10.7. The number of benzene rings is 3. The molecule has 7 rings (SSSR count). The number of aromatic nitrogens is 5. The first kappa shape index (κ1) is 26.9. The van der Waals surface area contributed by atoms with Crippen molar-refractivity contribution in [3.05, 3.63) is 142 Å². The Kier molecular flexibility index (Phi) is 6.56. The summed E-state index contributed by atoms with van der Waals surface area (Å²) in [5.74, 6) is 6.29. The summed E-state index contributed by atoms with van der Waals surface area (Å²) in [6.07, 6.45) is 5.40. The van der Waals surface area contributed by atoms with E-state index in [1.54, 1.807) is 34.5 Å². The minimum absolute atomic E-state index is 0.207. The SMILES string of the molecule is Cc1nn2cccnc2c1C(=O)NC(C)c1cc2cccc(C#Cc3cn(C)c4ccccc34)c2c(=O)n1-c1ccccc1. The van der Waals surface area contributed by atoms with E-state index in [9.17, 15) is 9.59 Å². The van der Waals surface area contributed by atoms with Gasteiger partial charge in [0.25, 0.3) is 11.5 Å². The molecule has 0 spiro atoms. The minimum atomic E-state index is -0.525. The van der Waals surface area contributed by atoms with Crippen molar-refractivity contribution >= 4 is 33.2 Å². The van der Waals surface area contributed by atoms with Gasteiger partial charge in [0.2, 0.25) is 0 Å². The van der Waals surface area contributed by atoms with Gasteiger partial charge in [-0.15, -0.1) is 0 Å². The molecule has 4 heterocycles. The maximum Gasteiger partial charge on any atom is 0.264 e. The Hall–Kier alpha value is -5.94. The van der Waals surface area contributed by atoms with Crippen LogP contribution < -0.4 is 10.9 Å². The lowest BCUT2D eigenvalue weighted by Gasteiger charge is -2.21. The molecule has 0 saturated carbocycles. The molecule has 0 saturated heterocycles. The van der Waals surface area contributed by atoms with Crippen molar-refractivity contribution < 1.29 is 4.79 Å². The molecule has 1 N–H and O–H groups in total. The van der Waals surface area contributed by atoms with Crippen LogP contribution in [0.2, 0.25) is 0 Å². The highest BCUT2D eigenvalue weighted by molar-refractivity contribution is 6.01. The molecule has 8 nitrogen and oxygen atoms in total. The van der Waals surface area contributed by atoms with E-state index < -0.39 is 6.04 Å². The van der Waals surface area contributed by atoms with E-state index in [-0.39, 0.29) is 11.5 Å². The van der Waals surface area contributed by atoms with E-state index in [1.807, 2.05) is 86.9 Å². The Morgan fingerprint density at radius 1 is 0.932 bits per heavy atom. The summed E-state index contributed by atoms with van der Waals surface area (Å²) in [4.78, 5) is 32.3. The molecule has 0 radical (unpaired) electrons. The summed E-state index contributed by atoms with van der Waals surface area (Å²) in [6, 6.07) is 26.5. The van der Waals surface area contributed by atoms with Gasteiger partial charge in [-0.25, -0.2) is 9.50 Å². The zero-order chi connectivity index (χ0) is 30.4. The van der Waals surface area contributed by atoms with E-state index in [4.69, 9.17) is 0 Å². The van der Waals surface area contributed by atoms with Gasteiger partial charge in [0, 0.05) is 53.5 Å². The van der Waals surface area contributed by atoms with Gasteiger partial charge in [-0.2, -0.15) is 5.10 Å². The van der Waals surface area contributed by atoms with Crippen LogP contribution in [0, 0.1) is 18.8 Å². The fraction of sp³-hybridized carbons (Fsp3) is 0.111. The summed E-state index contributed by atoms with van der Waals surface area (Å²) in [5.41, 5.74) is 5.21. The standard InChI is InChI=1S/C36H28N6O2/c1-23(38-35(43)32-24(2)39-41-20-10-19-37-34(32)41)31-21-26-12-9-11-25(33(26)36(44)42(31)28-13-5-4-6-14-28)17-18-27-22-40(3)30-16-8-7-15-29(27)30/h4-16,19-23H,1-3H3,(H,38,43). The van der Waals surface area contributed by atoms with Crippen molar-refractivity contribution in [1.29, 1.82) is 0 Å². The smallest absolute Gasteiger partial charge is 0.264 e.